The lowest BCUT2D eigenvalue weighted by atomic mass is 10.1. The SMILES string of the molecule is COc1ccc(Cl)cc1NC(=NCCc1c[nH]c2ccccc12)NC(=O)c1cccs1. The van der Waals surface area contributed by atoms with Gasteiger partial charge in [-0.05, 0) is 47.7 Å². The van der Waals surface area contributed by atoms with Gasteiger partial charge < -0.3 is 15.0 Å². The van der Waals surface area contributed by atoms with Crippen LogP contribution in [0.3, 0.4) is 0 Å². The minimum atomic E-state index is -0.227. The number of carbonyl (C=O) groups excluding carboxylic acids is 1. The number of methoxy groups -OCH3 is 1. The van der Waals surface area contributed by atoms with E-state index in [1.807, 2.05) is 35.8 Å². The Kier molecular flexibility index (Phi) is 6.54. The lowest BCUT2D eigenvalue weighted by Gasteiger charge is -2.14. The third-order valence-electron chi connectivity index (χ3n) is 4.72. The molecule has 0 saturated carbocycles. The summed E-state index contributed by atoms with van der Waals surface area (Å²) in [6, 6.07) is 17.0. The van der Waals surface area contributed by atoms with Crippen molar-refractivity contribution in [1.29, 1.82) is 0 Å². The van der Waals surface area contributed by atoms with E-state index < -0.39 is 0 Å². The molecule has 6 nitrogen and oxygen atoms in total. The smallest absolute Gasteiger partial charge is 0.268 e. The van der Waals surface area contributed by atoms with E-state index in [1.54, 1.807) is 31.4 Å². The lowest BCUT2D eigenvalue weighted by molar-refractivity contribution is 0.0981. The Bertz CT molecular complexity index is 1220. The fourth-order valence-electron chi connectivity index (χ4n) is 3.22. The minimum Gasteiger partial charge on any atom is -0.495 e. The van der Waals surface area contributed by atoms with Crippen LogP contribution in [0, 0.1) is 0 Å². The zero-order valence-electron chi connectivity index (χ0n) is 16.8. The van der Waals surface area contributed by atoms with E-state index in [4.69, 9.17) is 16.3 Å². The summed E-state index contributed by atoms with van der Waals surface area (Å²) in [7, 11) is 1.58. The number of aromatic amines is 1. The molecular formula is C23H21ClN4O2S. The van der Waals surface area contributed by atoms with Gasteiger partial charge in [-0.15, -0.1) is 11.3 Å². The first-order chi connectivity index (χ1) is 15.1. The third-order valence-corrected chi connectivity index (χ3v) is 5.82. The van der Waals surface area contributed by atoms with Crippen molar-refractivity contribution >= 4 is 51.4 Å². The first-order valence-corrected chi connectivity index (χ1v) is 10.9. The fraction of sp³-hybridized carbons (Fsp3) is 0.130. The molecule has 8 heteroatoms. The van der Waals surface area contributed by atoms with Gasteiger partial charge in [-0.2, -0.15) is 0 Å². The van der Waals surface area contributed by atoms with E-state index in [2.05, 4.69) is 26.7 Å². The van der Waals surface area contributed by atoms with E-state index >= 15 is 0 Å². The molecule has 0 bridgehead atoms. The van der Waals surface area contributed by atoms with Crippen LogP contribution in [0.4, 0.5) is 5.69 Å². The number of aliphatic imine (C=N–C) groups is 1. The van der Waals surface area contributed by atoms with Crippen molar-refractivity contribution in [2.75, 3.05) is 19.0 Å². The number of anilines is 1. The molecule has 31 heavy (non-hydrogen) atoms. The van der Waals surface area contributed by atoms with Crippen LogP contribution in [0.5, 0.6) is 5.75 Å². The molecule has 0 saturated heterocycles. The summed E-state index contributed by atoms with van der Waals surface area (Å²) >= 11 is 7.51. The van der Waals surface area contributed by atoms with Gasteiger partial charge in [-0.1, -0.05) is 35.9 Å². The molecule has 0 fully saturated rings. The van der Waals surface area contributed by atoms with E-state index in [-0.39, 0.29) is 5.91 Å². The molecule has 2 aromatic heterocycles. The maximum absolute atomic E-state index is 12.6. The number of thiophene rings is 1. The molecular weight excluding hydrogens is 432 g/mol. The molecule has 0 radical (unpaired) electrons. The Labute approximate surface area is 188 Å². The number of guanidine groups is 1. The Morgan fingerprint density at radius 2 is 2.06 bits per heavy atom. The van der Waals surface area contributed by atoms with Crippen LogP contribution in [-0.4, -0.2) is 30.5 Å². The number of carbonyl (C=O) groups is 1. The number of hydrogen-bond acceptors (Lipinski definition) is 4. The van der Waals surface area contributed by atoms with Gasteiger partial charge in [0.25, 0.3) is 5.91 Å². The number of hydrogen-bond donors (Lipinski definition) is 3. The molecule has 0 aliphatic rings. The van der Waals surface area contributed by atoms with Crippen molar-refractivity contribution in [1.82, 2.24) is 10.3 Å². The number of fused-ring (bicyclic) bond motifs is 1. The van der Waals surface area contributed by atoms with Crippen LogP contribution < -0.4 is 15.4 Å². The van der Waals surface area contributed by atoms with Crippen molar-refractivity contribution < 1.29 is 9.53 Å². The highest BCUT2D eigenvalue weighted by Crippen LogP contribution is 2.27. The Morgan fingerprint density at radius 3 is 2.87 bits per heavy atom. The van der Waals surface area contributed by atoms with Crippen LogP contribution in [0.25, 0.3) is 10.9 Å². The molecule has 1 amide bonds. The zero-order valence-corrected chi connectivity index (χ0v) is 18.4. The van der Waals surface area contributed by atoms with Gasteiger partial charge in [0, 0.05) is 28.7 Å². The van der Waals surface area contributed by atoms with Crippen LogP contribution in [-0.2, 0) is 6.42 Å². The quantitative estimate of drug-likeness (QED) is 0.273. The van der Waals surface area contributed by atoms with E-state index in [0.29, 0.717) is 33.8 Å². The molecule has 0 aliphatic heterocycles. The average Bonchev–Trinajstić information content (AvgIpc) is 3.44. The van der Waals surface area contributed by atoms with Crippen LogP contribution >= 0.6 is 22.9 Å². The number of aromatic nitrogens is 1. The second-order valence-corrected chi connectivity index (χ2v) is 8.12. The summed E-state index contributed by atoms with van der Waals surface area (Å²) in [6.45, 7) is 0.484. The Morgan fingerprint density at radius 1 is 1.19 bits per heavy atom. The lowest BCUT2D eigenvalue weighted by Crippen LogP contribution is -2.36. The van der Waals surface area contributed by atoms with Gasteiger partial charge in [0.15, 0.2) is 0 Å². The molecule has 4 aromatic rings. The molecule has 0 unspecified atom stereocenters. The van der Waals surface area contributed by atoms with Gasteiger partial charge in [-0.3, -0.25) is 15.1 Å². The number of nitrogens with zero attached hydrogens (tertiary/aromatic N) is 1. The normalized spacial score (nSPS) is 11.5. The summed E-state index contributed by atoms with van der Waals surface area (Å²) in [4.78, 5) is 21.1. The Hall–Kier alpha value is -3.29. The topological polar surface area (TPSA) is 78.5 Å². The first kappa shape index (κ1) is 21.0. The number of para-hydroxylation sites is 1. The van der Waals surface area contributed by atoms with E-state index in [0.717, 1.165) is 11.9 Å². The van der Waals surface area contributed by atoms with Gasteiger partial charge >= 0.3 is 0 Å². The Balaban J connectivity index is 1.55. The minimum absolute atomic E-state index is 0.227. The van der Waals surface area contributed by atoms with Gasteiger partial charge in [-0.25, -0.2) is 0 Å². The first-order valence-electron chi connectivity index (χ1n) is 9.69. The maximum atomic E-state index is 12.6. The fourth-order valence-corrected chi connectivity index (χ4v) is 4.01. The summed E-state index contributed by atoms with van der Waals surface area (Å²) in [5.74, 6) is 0.701. The summed E-state index contributed by atoms with van der Waals surface area (Å²) < 4.78 is 5.40. The standard InChI is InChI=1S/C23H21ClN4O2S/c1-30-20-9-8-16(24)13-19(20)27-23(28-22(29)21-7-4-12-31-21)25-11-10-15-14-26-18-6-3-2-5-17(15)18/h2-9,12-14,26H,10-11H2,1H3,(H2,25,27,28,29). The van der Waals surface area contributed by atoms with Crippen LogP contribution in [0.2, 0.25) is 5.02 Å². The highest BCUT2D eigenvalue weighted by molar-refractivity contribution is 7.12. The third kappa shape index (κ3) is 5.07. The van der Waals surface area contributed by atoms with Crippen molar-refractivity contribution in [3.05, 3.63) is 81.6 Å². The van der Waals surface area contributed by atoms with Crippen molar-refractivity contribution in [3.63, 3.8) is 0 Å². The number of nitrogens with one attached hydrogen (secondary N) is 3. The second kappa shape index (κ2) is 9.68. The molecule has 0 aliphatic carbocycles. The van der Waals surface area contributed by atoms with Crippen molar-refractivity contribution in [2.24, 2.45) is 4.99 Å². The van der Waals surface area contributed by atoms with Crippen molar-refractivity contribution in [3.8, 4) is 5.75 Å². The van der Waals surface area contributed by atoms with E-state index in [1.165, 1.54) is 22.3 Å². The highest BCUT2D eigenvalue weighted by Gasteiger charge is 2.13. The number of amides is 1. The zero-order chi connectivity index (χ0) is 21.6. The average molecular weight is 453 g/mol. The molecule has 2 heterocycles. The summed E-state index contributed by atoms with van der Waals surface area (Å²) in [5.41, 5.74) is 2.88. The van der Waals surface area contributed by atoms with Crippen LogP contribution in [0.1, 0.15) is 15.2 Å². The van der Waals surface area contributed by atoms with Crippen molar-refractivity contribution in [2.45, 2.75) is 6.42 Å². The van der Waals surface area contributed by atoms with Gasteiger partial charge in [0.1, 0.15) is 5.75 Å². The van der Waals surface area contributed by atoms with E-state index in [9.17, 15) is 4.79 Å². The molecule has 3 N–H and O–H groups in total. The van der Waals surface area contributed by atoms with Crippen LogP contribution in [0.15, 0.2) is 71.2 Å². The monoisotopic (exact) mass is 452 g/mol. The largest absolute Gasteiger partial charge is 0.495 e. The molecule has 0 spiro atoms. The summed E-state index contributed by atoms with van der Waals surface area (Å²) in [6.07, 6.45) is 2.72. The highest BCUT2D eigenvalue weighted by atomic mass is 35.5. The number of halogens is 1. The molecule has 4 rings (SSSR count). The predicted molar refractivity (Wildman–Crippen MR) is 128 cm³/mol. The van der Waals surface area contributed by atoms with Gasteiger partial charge in [0.2, 0.25) is 5.96 Å². The summed E-state index contributed by atoms with van der Waals surface area (Å²) in [5, 5.41) is 9.59. The predicted octanol–water partition coefficient (Wildman–Crippen LogP) is 5.33. The molecule has 158 valence electrons. The van der Waals surface area contributed by atoms with Gasteiger partial charge in [0.05, 0.1) is 17.7 Å². The maximum Gasteiger partial charge on any atom is 0.268 e. The molecule has 2 aromatic carbocycles. The second-order valence-electron chi connectivity index (χ2n) is 6.74. The number of rotatable bonds is 6. The molecule has 0 atom stereocenters. The number of benzene rings is 2. The number of H-pyrrole nitrogens is 1. The number of ether oxygens (including phenoxy) is 1.